The third kappa shape index (κ3) is 4.44. The molecule has 0 aliphatic heterocycles. The summed E-state index contributed by atoms with van der Waals surface area (Å²) < 4.78 is 12.6. The molecule has 5 N–H and O–H groups in total. The zero-order valence-electron chi connectivity index (χ0n) is 13.0. The summed E-state index contributed by atoms with van der Waals surface area (Å²) in [5.41, 5.74) is 0.473. The van der Waals surface area contributed by atoms with Crippen LogP contribution in [0.25, 0.3) is 10.9 Å². The number of fused-ring (bicyclic) bond motifs is 1. The maximum absolute atomic E-state index is 12.6. The first-order valence-electron chi connectivity index (χ1n) is 7.30. The van der Waals surface area contributed by atoms with Crippen LogP contribution in [0.5, 0.6) is 0 Å². The first kappa shape index (κ1) is 18.2. The van der Waals surface area contributed by atoms with E-state index in [-0.39, 0.29) is 0 Å². The summed E-state index contributed by atoms with van der Waals surface area (Å²) in [6.07, 6.45) is -1.12. The topological polar surface area (TPSA) is 140 Å². The molecular weight excluding hydrogens is 335 g/mol. The number of carboxylic acids is 2. The number of aliphatic carboxylic acids is 2. The Hall–Kier alpha value is -2.15. The summed E-state index contributed by atoms with van der Waals surface area (Å²) in [4.78, 5) is 35.0. The monoisotopic (exact) mass is 354 g/mol. The van der Waals surface area contributed by atoms with E-state index in [0.29, 0.717) is 5.69 Å². The number of hydrogen-bond acceptors (Lipinski definition) is 3. The largest absolute Gasteiger partial charge is 0.481 e. The quantitative estimate of drug-likeness (QED) is 0.458. The molecule has 0 amide bonds. The van der Waals surface area contributed by atoms with Gasteiger partial charge in [0, 0.05) is 17.3 Å². The van der Waals surface area contributed by atoms with Gasteiger partial charge >= 0.3 is 11.9 Å². The second kappa shape index (κ2) is 7.17. The van der Waals surface area contributed by atoms with E-state index < -0.39 is 44.0 Å². The first-order chi connectivity index (χ1) is 11.2. The lowest BCUT2D eigenvalue weighted by atomic mass is 10.1. The number of carbonyl (C=O) groups is 2. The standard InChI is InChI=1S/C15H19N2O6P/c1-9(13-6-10-4-2-3-5-12(10)16-13)24(22,23)17-11(7-14(18)19)8-15(20)21/h2-6,9,11,16H,7-8H2,1H3,(H,18,19)(H,20,21)(H2,17,22,23). The normalized spacial score (nSPS) is 15.3. The minimum atomic E-state index is -4.04. The summed E-state index contributed by atoms with van der Waals surface area (Å²) in [5, 5.41) is 20.9. The molecule has 2 unspecified atom stereocenters. The van der Waals surface area contributed by atoms with Crippen molar-refractivity contribution in [3.63, 3.8) is 0 Å². The predicted molar refractivity (Wildman–Crippen MR) is 88.0 cm³/mol. The Kier molecular flexibility index (Phi) is 5.43. The smallest absolute Gasteiger partial charge is 0.304 e. The molecule has 9 heteroatoms. The molecule has 0 saturated heterocycles. The Bertz CT molecular complexity index is 753. The second-order valence-corrected chi connectivity index (χ2v) is 7.91. The average Bonchev–Trinajstić information content (AvgIpc) is 2.88. The van der Waals surface area contributed by atoms with Crippen LogP contribution in [0, 0.1) is 0 Å². The van der Waals surface area contributed by atoms with Crippen molar-refractivity contribution in [1.82, 2.24) is 10.1 Å². The molecule has 24 heavy (non-hydrogen) atoms. The van der Waals surface area contributed by atoms with Gasteiger partial charge in [0.1, 0.15) is 0 Å². The highest BCUT2D eigenvalue weighted by Crippen LogP contribution is 2.52. The Morgan fingerprint density at radius 1 is 1.21 bits per heavy atom. The zero-order valence-corrected chi connectivity index (χ0v) is 13.9. The van der Waals surface area contributed by atoms with E-state index >= 15 is 0 Å². The number of aromatic amines is 1. The van der Waals surface area contributed by atoms with Gasteiger partial charge in [-0.1, -0.05) is 18.2 Å². The first-order valence-corrected chi connectivity index (χ1v) is 9.03. The van der Waals surface area contributed by atoms with Gasteiger partial charge in [-0.2, -0.15) is 0 Å². The molecule has 1 heterocycles. The van der Waals surface area contributed by atoms with Crippen LogP contribution in [0.4, 0.5) is 0 Å². The highest BCUT2D eigenvalue weighted by molar-refractivity contribution is 7.56. The minimum Gasteiger partial charge on any atom is -0.481 e. The second-order valence-electron chi connectivity index (χ2n) is 5.63. The van der Waals surface area contributed by atoms with Crippen LogP contribution in [-0.4, -0.2) is 38.1 Å². The van der Waals surface area contributed by atoms with E-state index in [1.165, 1.54) is 6.92 Å². The van der Waals surface area contributed by atoms with Crippen LogP contribution in [0.3, 0.4) is 0 Å². The van der Waals surface area contributed by atoms with Gasteiger partial charge in [0.2, 0.25) is 0 Å². The predicted octanol–water partition coefficient (Wildman–Crippen LogP) is 2.32. The molecule has 8 nitrogen and oxygen atoms in total. The van der Waals surface area contributed by atoms with Crippen molar-refractivity contribution in [3.05, 3.63) is 36.0 Å². The number of rotatable bonds is 8. The molecule has 0 fully saturated rings. The van der Waals surface area contributed by atoms with E-state index in [2.05, 4.69) is 10.1 Å². The third-order valence-electron chi connectivity index (χ3n) is 3.74. The molecular formula is C15H19N2O6P. The zero-order chi connectivity index (χ0) is 17.9. The molecule has 0 bridgehead atoms. The van der Waals surface area contributed by atoms with Gasteiger partial charge in [-0.15, -0.1) is 0 Å². The van der Waals surface area contributed by atoms with Gasteiger partial charge in [-0.3, -0.25) is 14.2 Å². The van der Waals surface area contributed by atoms with E-state index in [1.54, 1.807) is 6.07 Å². The van der Waals surface area contributed by atoms with Gasteiger partial charge < -0.3 is 20.1 Å². The van der Waals surface area contributed by atoms with Crippen LogP contribution >= 0.6 is 7.52 Å². The molecule has 1 aromatic carbocycles. The number of H-pyrrole nitrogens is 1. The van der Waals surface area contributed by atoms with E-state index in [0.717, 1.165) is 10.9 Å². The SMILES string of the molecule is CC(c1cc2ccccc2[nH]1)P(=O)(O)NC(CC(=O)O)CC(=O)O. The highest BCUT2D eigenvalue weighted by Gasteiger charge is 2.33. The van der Waals surface area contributed by atoms with Crippen LogP contribution in [0.1, 0.15) is 31.1 Å². The van der Waals surface area contributed by atoms with E-state index in [4.69, 9.17) is 10.2 Å². The molecule has 2 rings (SSSR count). The lowest BCUT2D eigenvalue weighted by molar-refractivity contribution is -0.139. The number of hydrogen-bond donors (Lipinski definition) is 5. The van der Waals surface area contributed by atoms with E-state index in [1.807, 2.05) is 24.3 Å². The van der Waals surface area contributed by atoms with Gasteiger partial charge in [-0.25, -0.2) is 5.09 Å². The van der Waals surface area contributed by atoms with Crippen molar-refractivity contribution in [1.29, 1.82) is 0 Å². The fourth-order valence-corrected chi connectivity index (χ4v) is 3.91. The molecule has 0 radical (unpaired) electrons. The van der Waals surface area contributed by atoms with Crippen molar-refractivity contribution in [3.8, 4) is 0 Å². The van der Waals surface area contributed by atoms with Crippen molar-refractivity contribution in [2.24, 2.45) is 0 Å². The number of aromatic nitrogens is 1. The Morgan fingerprint density at radius 2 is 1.79 bits per heavy atom. The fourth-order valence-electron chi connectivity index (χ4n) is 2.47. The average molecular weight is 354 g/mol. The maximum atomic E-state index is 12.6. The van der Waals surface area contributed by atoms with Gasteiger partial charge in [0.15, 0.2) is 0 Å². The Labute approximate surface area is 138 Å². The van der Waals surface area contributed by atoms with Crippen LogP contribution < -0.4 is 5.09 Å². The third-order valence-corrected chi connectivity index (χ3v) is 5.80. The summed E-state index contributed by atoms with van der Waals surface area (Å²) in [7, 11) is -4.04. The molecule has 130 valence electrons. The molecule has 0 spiro atoms. The van der Waals surface area contributed by atoms with Gasteiger partial charge in [0.05, 0.1) is 18.5 Å². The Balaban J connectivity index is 2.21. The van der Waals surface area contributed by atoms with Crippen LogP contribution in [0.2, 0.25) is 0 Å². The maximum Gasteiger partial charge on any atom is 0.304 e. The van der Waals surface area contributed by atoms with Crippen molar-refractivity contribution in [2.45, 2.75) is 31.5 Å². The van der Waals surface area contributed by atoms with Crippen molar-refractivity contribution < 1.29 is 29.3 Å². The van der Waals surface area contributed by atoms with Crippen molar-refractivity contribution >= 4 is 30.4 Å². The highest BCUT2D eigenvalue weighted by atomic mass is 31.2. The molecule has 1 aromatic heterocycles. The summed E-state index contributed by atoms with van der Waals surface area (Å²) >= 11 is 0. The molecule has 2 atom stereocenters. The summed E-state index contributed by atoms with van der Waals surface area (Å²) in [5.74, 6) is -2.49. The molecule has 0 aliphatic carbocycles. The number of para-hydroxylation sites is 1. The number of carboxylic acid groups (broad SMARTS) is 2. The van der Waals surface area contributed by atoms with Crippen molar-refractivity contribution in [2.75, 3.05) is 0 Å². The lowest BCUT2D eigenvalue weighted by Gasteiger charge is -2.24. The minimum absolute atomic E-state index is 0.513. The summed E-state index contributed by atoms with van der Waals surface area (Å²) in [6, 6.07) is 7.97. The Morgan fingerprint density at radius 3 is 2.33 bits per heavy atom. The van der Waals surface area contributed by atoms with Gasteiger partial charge in [-0.05, 0) is 24.4 Å². The van der Waals surface area contributed by atoms with Gasteiger partial charge in [0.25, 0.3) is 7.52 Å². The van der Waals surface area contributed by atoms with Crippen LogP contribution in [-0.2, 0) is 14.2 Å². The molecule has 0 aliphatic rings. The number of nitrogens with one attached hydrogen (secondary N) is 2. The fraction of sp³-hybridized carbons (Fsp3) is 0.333. The van der Waals surface area contributed by atoms with Crippen LogP contribution in [0.15, 0.2) is 30.3 Å². The van der Waals surface area contributed by atoms with E-state index in [9.17, 15) is 19.0 Å². The molecule has 0 saturated carbocycles. The lowest BCUT2D eigenvalue weighted by Crippen LogP contribution is -2.32. The number of benzene rings is 1. The summed E-state index contributed by atoms with van der Waals surface area (Å²) in [6.45, 7) is 1.52. The molecule has 2 aromatic rings.